The van der Waals surface area contributed by atoms with Crippen LogP contribution in [0.3, 0.4) is 0 Å². The van der Waals surface area contributed by atoms with Gasteiger partial charge in [-0.1, -0.05) is 91.0 Å². The van der Waals surface area contributed by atoms with Crippen LogP contribution in [-0.4, -0.2) is 25.7 Å². The zero-order chi connectivity index (χ0) is 25.9. The zero-order valence-electron chi connectivity index (χ0n) is 20.7. The van der Waals surface area contributed by atoms with Gasteiger partial charge in [-0.3, -0.25) is 0 Å². The molecular formula is C31H30N2O4. The molecule has 0 atom stereocenters. The third kappa shape index (κ3) is 7.21. The number of anilines is 1. The van der Waals surface area contributed by atoms with Crippen molar-refractivity contribution in [2.45, 2.75) is 18.9 Å². The quantitative estimate of drug-likeness (QED) is 0.198. The molecule has 0 aliphatic rings. The molecule has 0 bridgehead atoms. The number of ether oxygens (including phenoxy) is 2. The average Bonchev–Trinajstić information content (AvgIpc) is 2.95. The number of hydrogen-bond acceptors (Lipinski definition) is 4. The molecule has 0 aromatic heterocycles. The molecular weight excluding hydrogens is 464 g/mol. The predicted octanol–water partition coefficient (Wildman–Crippen LogP) is 6.40. The van der Waals surface area contributed by atoms with Crippen LogP contribution in [0.5, 0.6) is 5.75 Å². The van der Waals surface area contributed by atoms with Crippen LogP contribution in [0.2, 0.25) is 0 Å². The second kappa shape index (κ2) is 12.9. The molecule has 0 aliphatic carbocycles. The molecule has 0 aliphatic heterocycles. The van der Waals surface area contributed by atoms with E-state index in [2.05, 4.69) is 22.8 Å². The molecule has 4 rings (SSSR count). The Morgan fingerprint density at radius 3 is 1.97 bits per heavy atom. The Hall–Kier alpha value is -4.58. The lowest BCUT2D eigenvalue weighted by Crippen LogP contribution is -2.29. The summed E-state index contributed by atoms with van der Waals surface area (Å²) in [6, 6.07) is 34.3. The van der Waals surface area contributed by atoms with Crippen molar-refractivity contribution in [1.82, 2.24) is 5.32 Å². The third-order valence-electron chi connectivity index (χ3n) is 5.86. The number of benzene rings is 4. The molecule has 0 saturated heterocycles. The van der Waals surface area contributed by atoms with Crippen LogP contribution in [-0.2, 0) is 11.2 Å². The van der Waals surface area contributed by atoms with Gasteiger partial charge >= 0.3 is 12.0 Å². The Labute approximate surface area is 217 Å². The molecule has 188 valence electrons. The highest BCUT2D eigenvalue weighted by Gasteiger charge is 2.21. The van der Waals surface area contributed by atoms with Gasteiger partial charge in [-0.25, -0.2) is 9.59 Å². The second-order valence-corrected chi connectivity index (χ2v) is 8.49. The van der Waals surface area contributed by atoms with Crippen LogP contribution in [0.4, 0.5) is 10.5 Å². The Kier molecular flexibility index (Phi) is 8.92. The number of amides is 2. The van der Waals surface area contributed by atoms with E-state index in [4.69, 9.17) is 9.47 Å². The van der Waals surface area contributed by atoms with Crippen molar-refractivity contribution in [3.63, 3.8) is 0 Å². The number of aryl methyl sites for hydroxylation is 1. The van der Waals surface area contributed by atoms with Gasteiger partial charge in [0.1, 0.15) is 17.4 Å². The summed E-state index contributed by atoms with van der Waals surface area (Å²) in [7, 11) is 1.32. The number of urea groups is 1. The van der Waals surface area contributed by atoms with Gasteiger partial charge in [-0.05, 0) is 47.7 Å². The van der Waals surface area contributed by atoms with Gasteiger partial charge in [0.2, 0.25) is 0 Å². The van der Waals surface area contributed by atoms with Gasteiger partial charge in [0.15, 0.2) is 0 Å². The summed E-state index contributed by atoms with van der Waals surface area (Å²) in [5, 5.41) is 5.65. The summed E-state index contributed by atoms with van der Waals surface area (Å²) in [6.45, 7) is 0.529. The first-order valence-electron chi connectivity index (χ1n) is 12.2. The number of rotatable bonds is 10. The van der Waals surface area contributed by atoms with Crippen molar-refractivity contribution >= 4 is 17.7 Å². The minimum atomic E-state index is -0.554. The summed E-state index contributed by atoms with van der Waals surface area (Å²) < 4.78 is 11.4. The Bertz CT molecular complexity index is 1260. The van der Waals surface area contributed by atoms with E-state index in [9.17, 15) is 9.59 Å². The minimum absolute atomic E-state index is 0.223. The first-order chi connectivity index (χ1) is 18.1. The SMILES string of the molecule is COC(=O)c1cc(NC(=O)NCCCc2ccccc2)ccc1OC(c1ccccc1)c1ccccc1. The van der Waals surface area contributed by atoms with E-state index in [-0.39, 0.29) is 11.6 Å². The van der Waals surface area contributed by atoms with E-state index < -0.39 is 12.1 Å². The molecule has 37 heavy (non-hydrogen) atoms. The largest absolute Gasteiger partial charge is 0.480 e. The van der Waals surface area contributed by atoms with Crippen molar-refractivity contribution in [2.24, 2.45) is 0 Å². The number of hydrogen-bond donors (Lipinski definition) is 2. The van der Waals surface area contributed by atoms with Gasteiger partial charge in [-0.15, -0.1) is 0 Å². The third-order valence-corrected chi connectivity index (χ3v) is 5.86. The van der Waals surface area contributed by atoms with E-state index in [1.165, 1.54) is 12.7 Å². The Morgan fingerprint density at radius 2 is 1.38 bits per heavy atom. The maximum Gasteiger partial charge on any atom is 0.341 e. The normalized spacial score (nSPS) is 10.5. The number of methoxy groups -OCH3 is 1. The maximum absolute atomic E-state index is 12.6. The molecule has 6 heteroatoms. The van der Waals surface area contributed by atoms with Gasteiger partial charge in [-0.2, -0.15) is 0 Å². The smallest absolute Gasteiger partial charge is 0.341 e. The fourth-order valence-electron chi connectivity index (χ4n) is 4.01. The molecule has 0 spiro atoms. The number of esters is 1. The summed E-state index contributed by atoms with van der Waals surface area (Å²) >= 11 is 0. The van der Waals surface area contributed by atoms with Gasteiger partial charge in [0.25, 0.3) is 0 Å². The molecule has 4 aromatic rings. The molecule has 2 amide bonds. The molecule has 0 fully saturated rings. The van der Waals surface area contributed by atoms with Crippen molar-refractivity contribution in [1.29, 1.82) is 0 Å². The standard InChI is InChI=1S/C31H30N2O4/c1-36-30(34)27-22-26(33-31(35)32-21-11-14-23-12-5-2-6-13-23)19-20-28(27)37-29(24-15-7-3-8-16-24)25-17-9-4-10-18-25/h2-10,12-13,15-20,22,29H,11,14,21H2,1H3,(H2,32,33,35). The van der Waals surface area contributed by atoms with E-state index >= 15 is 0 Å². The number of carbonyl (C=O) groups excluding carboxylic acids is 2. The van der Waals surface area contributed by atoms with Crippen LogP contribution in [0.1, 0.15) is 39.6 Å². The van der Waals surface area contributed by atoms with Gasteiger partial charge in [0, 0.05) is 12.2 Å². The van der Waals surface area contributed by atoms with E-state index in [0.717, 1.165) is 24.0 Å². The molecule has 2 N–H and O–H groups in total. The van der Waals surface area contributed by atoms with Crippen molar-refractivity contribution in [2.75, 3.05) is 19.0 Å². The van der Waals surface area contributed by atoms with Crippen molar-refractivity contribution in [3.8, 4) is 5.75 Å². The number of nitrogens with one attached hydrogen (secondary N) is 2. The Morgan fingerprint density at radius 1 is 0.784 bits per heavy atom. The maximum atomic E-state index is 12.6. The average molecular weight is 495 g/mol. The predicted molar refractivity (Wildman–Crippen MR) is 145 cm³/mol. The highest BCUT2D eigenvalue weighted by atomic mass is 16.5. The van der Waals surface area contributed by atoms with Crippen molar-refractivity contribution in [3.05, 3.63) is 131 Å². The van der Waals surface area contributed by atoms with Gasteiger partial charge < -0.3 is 20.1 Å². The highest BCUT2D eigenvalue weighted by Crippen LogP contribution is 2.32. The monoisotopic (exact) mass is 494 g/mol. The first-order valence-corrected chi connectivity index (χ1v) is 12.2. The van der Waals surface area contributed by atoms with Crippen LogP contribution < -0.4 is 15.4 Å². The molecule has 0 unspecified atom stereocenters. The molecule has 0 heterocycles. The summed E-state index contributed by atoms with van der Waals surface area (Å²) in [4.78, 5) is 25.1. The van der Waals surface area contributed by atoms with E-state index in [1.807, 2.05) is 78.9 Å². The van der Waals surface area contributed by atoms with E-state index in [1.54, 1.807) is 18.2 Å². The fraction of sp³-hybridized carbons (Fsp3) is 0.161. The fourth-order valence-corrected chi connectivity index (χ4v) is 4.01. The Balaban J connectivity index is 1.46. The zero-order valence-corrected chi connectivity index (χ0v) is 20.7. The highest BCUT2D eigenvalue weighted by molar-refractivity contribution is 5.96. The summed E-state index contributed by atoms with van der Waals surface area (Å²) in [5.74, 6) is -0.194. The van der Waals surface area contributed by atoms with Crippen LogP contribution >= 0.6 is 0 Å². The van der Waals surface area contributed by atoms with Crippen LogP contribution in [0.25, 0.3) is 0 Å². The van der Waals surface area contributed by atoms with Crippen LogP contribution in [0.15, 0.2) is 109 Å². The lowest BCUT2D eigenvalue weighted by atomic mass is 10.0. The van der Waals surface area contributed by atoms with Crippen molar-refractivity contribution < 1.29 is 19.1 Å². The minimum Gasteiger partial charge on any atom is -0.480 e. The lowest BCUT2D eigenvalue weighted by Gasteiger charge is -2.22. The number of carbonyl (C=O) groups is 2. The molecule has 0 saturated carbocycles. The summed E-state index contributed by atoms with van der Waals surface area (Å²) in [6.07, 6.45) is 1.26. The van der Waals surface area contributed by atoms with Gasteiger partial charge in [0.05, 0.1) is 7.11 Å². The molecule has 4 aromatic carbocycles. The molecule has 6 nitrogen and oxygen atoms in total. The summed E-state index contributed by atoms with van der Waals surface area (Å²) in [5.41, 5.74) is 3.81. The van der Waals surface area contributed by atoms with E-state index in [0.29, 0.717) is 18.0 Å². The lowest BCUT2D eigenvalue weighted by molar-refractivity contribution is 0.0594. The van der Waals surface area contributed by atoms with Crippen LogP contribution in [0, 0.1) is 0 Å². The molecule has 0 radical (unpaired) electrons. The topological polar surface area (TPSA) is 76.7 Å². The first kappa shape index (κ1) is 25.5. The second-order valence-electron chi connectivity index (χ2n) is 8.49.